The van der Waals surface area contributed by atoms with Crippen LogP contribution in [0, 0.1) is 5.92 Å². The van der Waals surface area contributed by atoms with E-state index in [-0.39, 0.29) is 17.9 Å². The van der Waals surface area contributed by atoms with Gasteiger partial charge in [0, 0.05) is 25.4 Å². The molecule has 0 bridgehead atoms. The van der Waals surface area contributed by atoms with E-state index in [0.29, 0.717) is 6.54 Å². The average Bonchev–Trinajstić information content (AvgIpc) is 2.91. The molecule has 2 heterocycles. The third kappa shape index (κ3) is 2.38. The van der Waals surface area contributed by atoms with E-state index < -0.39 is 0 Å². The highest BCUT2D eigenvalue weighted by atomic mass is 16.2. The number of aryl methyl sites for hydroxylation is 1. The zero-order chi connectivity index (χ0) is 13.1. The van der Waals surface area contributed by atoms with Crippen molar-refractivity contribution in [2.24, 2.45) is 11.7 Å². The summed E-state index contributed by atoms with van der Waals surface area (Å²) in [4.78, 5) is 12.0. The number of hydrogen-bond acceptors (Lipinski definition) is 4. The van der Waals surface area contributed by atoms with E-state index in [4.69, 9.17) is 5.73 Å². The normalized spacial score (nSPS) is 17.3. The fourth-order valence-corrected chi connectivity index (χ4v) is 2.35. The van der Waals surface area contributed by atoms with Gasteiger partial charge >= 0.3 is 0 Å². The Morgan fingerprint density at radius 1 is 1.56 bits per heavy atom. The van der Waals surface area contributed by atoms with Crippen molar-refractivity contribution in [1.82, 2.24) is 20.1 Å². The Balaban J connectivity index is 2.03. The Morgan fingerprint density at radius 2 is 2.33 bits per heavy atom. The number of nitrogens with zero attached hydrogens (tertiary/aromatic N) is 3. The summed E-state index contributed by atoms with van der Waals surface area (Å²) >= 11 is 0. The van der Waals surface area contributed by atoms with Gasteiger partial charge in [0.15, 0.2) is 5.82 Å². The van der Waals surface area contributed by atoms with E-state index in [1.54, 1.807) is 0 Å². The molecule has 0 saturated carbocycles. The van der Waals surface area contributed by atoms with Crippen molar-refractivity contribution in [2.45, 2.75) is 45.7 Å². The average molecular weight is 251 g/mol. The maximum Gasteiger partial charge on any atom is 0.224 e. The summed E-state index contributed by atoms with van der Waals surface area (Å²) in [5.41, 5.74) is 5.57. The number of aromatic nitrogens is 3. The summed E-state index contributed by atoms with van der Waals surface area (Å²) in [6.45, 7) is 5.24. The van der Waals surface area contributed by atoms with Crippen LogP contribution in [0.5, 0.6) is 0 Å². The van der Waals surface area contributed by atoms with Crippen LogP contribution in [0.4, 0.5) is 0 Å². The van der Waals surface area contributed by atoms with E-state index in [1.165, 1.54) is 0 Å². The van der Waals surface area contributed by atoms with Gasteiger partial charge in [-0.1, -0.05) is 6.92 Å². The molecule has 2 atom stereocenters. The second-order valence-corrected chi connectivity index (χ2v) is 4.80. The van der Waals surface area contributed by atoms with Gasteiger partial charge < -0.3 is 15.6 Å². The zero-order valence-corrected chi connectivity index (χ0v) is 11.0. The maximum absolute atomic E-state index is 12.0. The standard InChI is InChI=1S/C12H21N5O/c1-3-9(7-13)12(18)14-8(2)11-16-15-10-5-4-6-17(10)11/h8-9H,3-7,13H2,1-2H3,(H,14,18). The molecule has 0 spiro atoms. The lowest BCUT2D eigenvalue weighted by Crippen LogP contribution is -2.37. The molecule has 3 N–H and O–H groups in total. The third-order valence-corrected chi connectivity index (χ3v) is 3.53. The molecular weight excluding hydrogens is 230 g/mol. The molecule has 0 radical (unpaired) electrons. The van der Waals surface area contributed by atoms with Gasteiger partial charge in [-0.15, -0.1) is 10.2 Å². The Hall–Kier alpha value is -1.43. The zero-order valence-electron chi connectivity index (χ0n) is 11.0. The molecule has 0 fully saturated rings. The topological polar surface area (TPSA) is 85.8 Å². The van der Waals surface area contributed by atoms with Crippen molar-refractivity contribution in [3.8, 4) is 0 Å². The molecule has 1 aliphatic heterocycles. The van der Waals surface area contributed by atoms with Crippen LogP contribution in [0.1, 0.15) is 44.4 Å². The van der Waals surface area contributed by atoms with Gasteiger partial charge in [-0.2, -0.15) is 0 Å². The highest BCUT2D eigenvalue weighted by Gasteiger charge is 2.24. The first-order valence-corrected chi connectivity index (χ1v) is 6.59. The fourth-order valence-electron chi connectivity index (χ4n) is 2.35. The summed E-state index contributed by atoms with van der Waals surface area (Å²) in [6, 6.07) is -0.113. The van der Waals surface area contributed by atoms with Gasteiger partial charge in [0.1, 0.15) is 5.82 Å². The molecule has 1 aromatic rings. The van der Waals surface area contributed by atoms with E-state index >= 15 is 0 Å². The largest absolute Gasteiger partial charge is 0.346 e. The number of nitrogens with one attached hydrogen (secondary N) is 1. The molecule has 18 heavy (non-hydrogen) atoms. The van der Waals surface area contributed by atoms with Crippen molar-refractivity contribution in [3.05, 3.63) is 11.6 Å². The molecule has 1 aromatic heterocycles. The van der Waals surface area contributed by atoms with Crippen molar-refractivity contribution in [2.75, 3.05) is 6.54 Å². The predicted octanol–water partition coefficient (Wildman–Crippen LogP) is 0.386. The van der Waals surface area contributed by atoms with Gasteiger partial charge in [0.2, 0.25) is 5.91 Å². The molecule has 1 aliphatic rings. The van der Waals surface area contributed by atoms with Gasteiger partial charge in [-0.05, 0) is 19.8 Å². The summed E-state index contributed by atoms with van der Waals surface area (Å²) < 4.78 is 2.11. The van der Waals surface area contributed by atoms with Crippen LogP contribution < -0.4 is 11.1 Å². The first kappa shape index (κ1) is 13.0. The van der Waals surface area contributed by atoms with Gasteiger partial charge in [0.05, 0.1) is 6.04 Å². The number of fused-ring (bicyclic) bond motifs is 1. The summed E-state index contributed by atoms with van der Waals surface area (Å²) in [6.07, 6.45) is 2.85. The Bertz CT molecular complexity index is 424. The Morgan fingerprint density at radius 3 is 3.00 bits per heavy atom. The molecule has 6 nitrogen and oxygen atoms in total. The van der Waals surface area contributed by atoms with Gasteiger partial charge in [-0.25, -0.2) is 0 Å². The lowest BCUT2D eigenvalue weighted by Gasteiger charge is -2.17. The van der Waals surface area contributed by atoms with E-state index in [0.717, 1.165) is 37.5 Å². The Kier molecular flexibility index (Phi) is 3.96. The molecule has 1 amide bonds. The molecule has 0 aromatic carbocycles. The molecular formula is C12H21N5O. The van der Waals surface area contributed by atoms with Crippen molar-refractivity contribution < 1.29 is 4.79 Å². The monoisotopic (exact) mass is 251 g/mol. The van der Waals surface area contributed by atoms with Crippen molar-refractivity contribution in [3.63, 3.8) is 0 Å². The number of rotatable bonds is 5. The lowest BCUT2D eigenvalue weighted by atomic mass is 10.1. The molecule has 2 unspecified atom stereocenters. The van der Waals surface area contributed by atoms with Crippen LogP contribution >= 0.6 is 0 Å². The smallest absolute Gasteiger partial charge is 0.224 e. The van der Waals surface area contributed by atoms with E-state index in [1.807, 2.05) is 13.8 Å². The molecule has 2 rings (SSSR count). The first-order chi connectivity index (χ1) is 8.67. The Labute approximate surface area is 107 Å². The SMILES string of the molecule is CCC(CN)C(=O)NC(C)c1nnc2n1CCC2. The number of hydrogen-bond donors (Lipinski definition) is 2. The summed E-state index contributed by atoms with van der Waals surface area (Å²) in [5.74, 6) is 1.76. The second-order valence-electron chi connectivity index (χ2n) is 4.80. The predicted molar refractivity (Wildman–Crippen MR) is 67.7 cm³/mol. The van der Waals surface area contributed by atoms with Crippen LogP contribution in [-0.2, 0) is 17.8 Å². The quantitative estimate of drug-likeness (QED) is 0.792. The highest BCUT2D eigenvalue weighted by Crippen LogP contribution is 2.19. The number of carbonyl (C=O) groups excluding carboxylic acids is 1. The van der Waals surface area contributed by atoms with Crippen LogP contribution in [-0.4, -0.2) is 27.2 Å². The molecule has 6 heteroatoms. The minimum absolute atomic E-state index is 0.00264. The minimum atomic E-state index is -0.117. The third-order valence-electron chi connectivity index (χ3n) is 3.53. The number of amides is 1. The van der Waals surface area contributed by atoms with Crippen LogP contribution in [0.15, 0.2) is 0 Å². The van der Waals surface area contributed by atoms with E-state index in [9.17, 15) is 4.79 Å². The molecule has 100 valence electrons. The van der Waals surface area contributed by atoms with Gasteiger partial charge in [0.25, 0.3) is 0 Å². The first-order valence-electron chi connectivity index (χ1n) is 6.59. The highest BCUT2D eigenvalue weighted by molar-refractivity contribution is 5.79. The fraction of sp³-hybridized carbons (Fsp3) is 0.750. The van der Waals surface area contributed by atoms with Gasteiger partial charge in [-0.3, -0.25) is 4.79 Å². The summed E-state index contributed by atoms with van der Waals surface area (Å²) in [5, 5.41) is 11.3. The molecule has 0 saturated heterocycles. The molecule has 0 aliphatic carbocycles. The summed E-state index contributed by atoms with van der Waals surface area (Å²) in [7, 11) is 0. The van der Waals surface area contributed by atoms with Crippen LogP contribution in [0.2, 0.25) is 0 Å². The van der Waals surface area contributed by atoms with Crippen molar-refractivity contribution >= 4 is 5.91 Å². The lowest BCUT2D eigenvalue weighted by molar-refractivity contribution is -0.125. The number of nitrogens with two attached hydrogens (primary N) is 1. The van der Waals surface area contributed by atoms with Crippen LogP contribution in [0.3, 0.4) is 0 Å². The number of carbonyl (C=O) groups is 1. The van der Waals surface area contributed by atoms with Crippen molar-refractivity contribution in [1.29, 1.82) is 0 Å². The van der Waals surface area contributed by atoms with Crippen LogP contribution in [0.25, 0.3) is 0 Å². The maximum atomic E-state index is 12.0. The second kappa shape index (κ2) is 5.48. The minimum Gasteiger partial charge on any atom is -0.346 e. The van der Waals surface area contributed by atoms with E-state index in [2.05, 4.69) is 20.1 Å².